The van der Waals surface area contributed by atoms with E-state index in [1.165, 1.54) is 11.3 Å². The van der Waals surface area contributed by atoms with Gasteiger partial charge in [-0.2, -0.15) is 0 Å². The highest BCUT2D eigenvalue weighted by Gasteiger charge is 2.14. The standard InChI is InChI=1S/C5H5BrN6S/c1-12-2(3(6)8-11-12)4-9-10-5(7)13-4/h1H3,(H2,7,10). The lowest BCUT2D eigenvalue weighted by Gasteiger charge is -1.93. The van der Waals surface area contributed by atoms with Gasteiger partial charge in [0, 0.05) is 7.05 Å². The molecule has 0 aliphatic carbocycles. The summed E-state index contributed by atoms with van der Waals surface area (Å²) in [4.78, 5) is 0. The number of hydrogen-bond acceptors (Lipinski definition) is 6. The second kappa shape index (κ2) is 3.04. The predicted molar refractivity (Wildman–Crippen MR) is 52.0 cm³/mol. The number of rotatable bonds is 1. The fourth-order valence-electron chi connectivity index (χ4n) is 0.889. The molecule has 0 radical (unpaired) electrons. The van der Waals surface area contributed by atoms with Gasteiger partial charge in [0.05, 0.1) is 0 Å². The van der Waals surface area contributed by atoms with E-state index in [2.05, 4.69) is 36.4 Å². The van der Waals surface area contributed by atoms with Crippen LogP contribution in [-0.4, -0.2) is 25.2 Å². The van der Waals surface area contributed by atoms with Crippen LogP contribution < -0.4 is 5.73 Å². The molecule has 6 nitrogen and oxygen atoms in total. The molecule has 0 aliphatic rings. The van der Waals surface area contributed by atoms with Crippen molar-refractivity contribution in [2.45, 2.75) is 0 Å². The summed E-state index contributed by atoms with van der Waals surface area (Å²) in [6.07, 6.45) is 0. The molecule has 2 N–H and O–H groups in total. The zero-order valence-corrected chi connectivity index (χ0v) is 9.00. The molecule has 13 heavy (non-hydrogen) atoms. The molecule has 0 unspecified atom stereocenters. The Labute approximate surface area is 85.9 Å². The molecule has 0 bridgehead atoms. The largest absolute Gasteiger partial charge is 0.374 e. The summed E-state index contributed by atoms with van der Waals surface area (Å²) in [5.74, 6) is 0. The van der Waals surface area contributed by atoms with Gasteiger partial charge in [0.15, 0.2) is 9.61 Å². The summed E-state index contributed by atoms with van der Waals surface area (Å²) in [6.45, 7) is 0. The van der Waals surface area contributed by atoms with Crippen LogP contribution in [0.1, 0.15) is 0 Å². The van der Waals surface area contributed by atoms with Crippen LogP contribution >= 0.6 is 27.3 Å². The molecule has 2 aromatic rings. The fraction of sp³-hybridized carbons (Fsp3) is 0.200. The Morgan fingerprint density at radius 3 is 2.62 bits per heavy atom. The van der Waals surface area contributed by atoms with Crippen molar-refractivity contribution in [1.29, 1.82) is 0 Å². The van der Waals surface area contributed by atoms with Crippen LogP contribution in [0.2, 0.25) is 0 Å². The highest BCUT2D eigenvalue weighted by molar-refractivity contribution is 9.10. The molecule has 8 heteroatoms. The Kier molecular flexibility index (Phi) is 2.00. The van der Waals surface area contributed by atoms with Crippen molar-refractivity contribution >= 4 is 32.4 Å². The number of halogens is 1. The van der Waals surface area contributed by atoms with Crippen LogP contribution in [0, 0.1) is 0 Å². The van der Waals surface area contributed by atoms with Crippen molar-refractivity contribution in [3.63, 3.8) is 0 Å². The first-order chi connectivity index (χ1) is 6.18. The van der Waals surface area contributed by atoms with Crippen LogP contribution in [0.5, 0.6) is 0 Å². The summed E-state index contributed by atoms with van der Waals surface area (Å²) in [6, 6.07) is 0. The van der Waals surface area contributed by atoms with E-state index in [0.29, 0.717) is 14.7 Å². The molecule has 0 aliphatic heterocycles. The third-order valence-corrected chi connectivity index (χ3v) is 2.72. The first kappa shape index (κ1) is 8.57. The minimum atomic E-state index is 0.433. The van der Waals surface area contributed by atoms with Crippen molar-refractivity contribution < 1.29 is 0 Å². The molecule has 2 aromatic heterocycles. The van der Waals surface area contributed by atoms with Crippen LogP contribution in [-0.2, 0) is 7.05 Å². The summed E-state index contributed by atoms with van der Waals surface area (Å²) in [5.41, 5.74) is 6.25. The maximum Gasteiger partial charge on any atom is 0.203 e. The molecule has 0 fully saturated rings. The molecule has 2 heterocycles. The maximum atomic E-state index is 5.46. The fourth-order valence-corrected chi connectivity index (χ4v) is 2.22. The van der Waals surface area contributed by atoms with Crippen molar-refractivity contribution in [3.05, 3.63) is 4.60 Å². The van der Waals surface area contributed by atoms with Gasteiger partial charge in [-0.15, -0.1) is 15.3 Å². The van der Waals surface area contributed by atoms with E-state index in [0.717, 1.165) is 5.69 Å². The predicted octanol–water partition coefficient (Wildman–Crippen LogP) is 0.678. The summed E-state index contributed by atoms with van der Waals surface area (Å²) >= 11 is 4.57. The SMILES string of the molecule is Cn1nnc(Br)c1-c1nnc(N)s1. The minimum Gasteiger partial charge on any atom is -0.374 e. The average Bonchev–Trinajstić information content (AvgIpc) is 2.60. The van der Waals surface area contributed by atoms with Gasteiger partial charge in [0.25, 0.3) is 0 Å². The van der Waals surface area contributed by atoms with Crippen LogP contribution in [0.15, 0.2) is 4.60 Å². The summed E-state index contributed by atoms with van der Waals surface area (Å²) in [7, 11) is 1.78. The van der Waals surface area contributed by atoms with E-state index in [1.54, 1.807) is 11.7 Å². The number of aryl methyl sites for hydroxylation is 1. The number of nitrogens with two attached hydrogens (primary N) is 1. The zero-order chi connectivity index (χ0) is 9.42. The summed E-state index contributed by atoms with van der Waals surface area (Å²) < 4.78 is 2.26. The summed E-state index contributed by atoms with van der Waals surface area (Å²) in [5, 5.41) is 16.4. The van der Waals surface area contributed by atoms with Gasteiger partial charge in [-0.25, -0.2) is 4.68 Å². The van der Waals surface area contributed by atoms with Crippen molar-refractivity contribution in [1.82, 2.24) is 25.2 Å². The van der Waals surface area contributed by atoms with Gasteiger partial charge in [-0.05, 0) is 15.9 Å². The lowest BCUT2D eigenvalue weighted by molar-refractivity contribution is 0.719. The van der Waals surface area contributed by atoms with Gasteiger partial charge in [-0.3, -0.25) is 0 Å². The number of hydrogen-bond donors (Lipinski definition) is 1. The Balaban J connectivity index is 2.57. The van der Waals surface area contributed by atoms with Gasteiger partial charge >= 0.3 is 0 Å². The van der Waals surface area contributed by atoms with Crippen molar-refractivity contribution in [2.75, 3.05) is 5.73 Å². The van der Waals surface area contributed by atoms with Crippen molar-refractivity contribution in [3.8, 4) is 10.7 Å². The van der Waals surface area contributed by atoms with Gasteiger partial charge in [0.2, 0.25) is 5.13 Å². The van der Waals surface area contributed by atoms with E-state index < -0.39 is 0 Å². The number of nitrogen functional groups attached to an aromatic ring is 1. The lowest BCUT2D eigenvalue weighted by atomic mass is 10.5. The molecule has 0 spiro atoms. The molecular formula is C5H5BrN6S. The smallest absolute Gasteiger partial charge is 0.203 e. The molecule has 0 saturated heterocycles. The lowest BCUT2D eigenvalue weighted by Crippen LogP contribution is -1.93. The Morgan fingerprint density at radius 2 is 2.15 bits per heavy atom. The van der Waals surface area contributed by atoms with E-state index in [9.17, 15) is 0 Å². The molecule has 2 rings (SSSR count). The third-order valence-electron chi connectivity index (χ3n) is 1.43. The molecule has 0 aromatic carbocycles. The minimum absolute atomic E-state index is 0.433. The van der Waals surface area contributed by atoms with E-state index in [4.69, 9.17) is 5.73 Å². The van der Waals surface area contributed by atoms with Gasteiger partial charge in [0.1, 0.15) is 5.69 Å². The molecule has 68 valence electrons. The Bertz CT molecular complexity index is 414. The highest BCUT2D eigenvalue weighted by Crippen LogP contribution is 2.28. The first-order valence-electron chi connectivity index (χ1n) is 3.33. The molecular weight excluding hydrogens is 256 g/mol. The monoisotopic (exact) mass is 260 g/mol. The van der Waals surface area contributed by atoms with E-state index in [1.807, 2.05) is 0 Å². The second-order valence-electron chi connectivity index (χ2n) is 2.30. The van der Waals surface area contributed by atoms with Crippen LogP contribution in [0.3, 0.4) is 0 Å². The van der Waals surface area contributed by atoms with Crippen LogP contribution in [0.4, 0.5) is 5.13 Å². The van der Waals surface area contributed by atoms with E-state index >= 15 is 0 Å². The van der Waals surface area contributed by atoms with Crippen LogP contribution in [0.25, 0.3) is 10.7 Å². The Morgan fingerprint density at radius 1 is 1.38 bits per heavy atom. The van der Waals surface area contributed by atoms with Crippen molar-refractivity contribution in [2.24, 2.45) is 7.05 Å². The average molecular weight is 261 g/mol. The maximum absolute atomic E-state index is 5.46. The topological polar surface area (TPSA) is 82.5 Å². The normalized spacial score (nSPS) is 10.6. The number of aromatic nitrogens is 5. The Hall–Kier alpha value is -1.02. The van der Waals surface area contributed by atoms with E-state index in [-0.39, 0.29) is 0 Å². The molecule has 0 atom stereocenters. The number of nitrogens with zero attached hydrogens (tertiary/aromatic N) is 5. The highest BCUT2D eigenvalue weighted by atomic mass is 79.9. The number of anilines is 1. The third kappa shape index (κ3) is 1.42. The zero-order valence-electron chi connectivity index (χ0n) is 6.60. The second-order valence-corrected chi connectivity index (χ2v) is 4.06. The first-order valence-corrected chi connectivity index (χ1v) is 4.94. The van der Waals surface area contributed by atoms with Gasteiger partial charge < -0.3 is 5.73 Å². The van der Waals surface area contributed by atoms with Gasteiger partial charge in [-0.1, -0.05) is 16.6 Å². The molecule has 0 saturated carbocycles. The molecule has 0 amide bonds. The quantitative estimate of drug-likeness (QED) is 0.816.